The van der Waals surface area contributed by atoms with E-state index in [0.717, 1.165) is 32.4 Å². The number of hydrogen-bond acceptors (Lipinski definition) is 2. The molecule has 100 valence electrons. The lowest BCUT2D eigenvalue weighted by Crippen LogP contribution is -2.39. The molecule has 5 nitrogen and oxygen atoms in total. The van der Waals surface area contributed by atoms with Crippen molar-refractivity contribution in [3.63, 3.8) is 0 Å². The Kier molecular flexibility index (Phi) is 10.4. The number of guanidine groups is 1. The molecule has 0 aliphatic carbocycles. The lowest BCUT2D eigenvalue weighted by atomic mass is 10.3. The number of unbranched alkanes of at least 4 members (excludes halogenated alkanes) is 1. The van der Waals surface area contributed by atoms with Gasteiger partial charge in [-0.15, -0.1) is 0 Å². The van der Waals surface area contributed by atoms with Crippen LogP contribution in [0.3, 0.4) is 0 Å². The third-order valence-electron chi connectivity index (χ3n) is 2.12. The first kappa shape index (κ1) is 15.7. The zero-order valence-electron chi connectivity index (χ0n) is 11.3. The molecule has 5 heteroatoms. The van der Waals surface area contributed by atoms with Crippen molar-refractivity contribution < 1.29 is 4.79 Å². The second kappa shape index (κ2) is 11.2. The fourth-order valence-corrected chi connectivity index (χ4v) is 1.20. The summed E-state index contributed by atoms with van der Waals surface area (Å²) in [5, 5.41) is 9.10. The average molecular weight is 242 g/mol. The highest BCUT2D eigenvalue weighted by molar-refractivity contribution is 5.84. The maximum absolute atomic E-state index is 11.4. The third-order valence-corrected chi connectivity index (χ3v) is 2.12. The standard InChI is InChI=1S/C12H26N4O/c1-4-7-9-15-12(13-6-3)16-10-11(17)14-8-5-2/h4-10H2,1-3H3,(H,14,17)(H2,13,15,16). The van der Waals surface area contributed by atoms with Crippen molar-refractivity contribution in [1.29, 1.82) is 0 Å². The average Bonchev–Trinajstić information content (AvgIpc) is 2.33. The lowest BCUT2D eigenvalue weighted by Gasteiger charge is -2.10. The van der Waals surface area contributed by atoms with Gasteiger partial charge in [-0.25, -0.2) is 4.99 Å². The van der Waals surface area contributed by atoms with Gasteiger partial charge < -0.3 is 16.0 Å². The van der Waals surface area contributed by atoms with Crippen molar-refractivity contribution in [2.24, 2.45) is 4.99 Å². The van der Waals surface area contributed by atoms with Crippen molar-refractivity contribution in [1.82, 2.24) is 16.0 Å². The van der Waals surface area contributed by atoms with Gasteiger partial charge in [0.1, 0.15) is 6.54 Å². The molecule has 0 saturated carbocycles. The lowest BCUT2D eigenvalue weighted by molar-refractivity contribution is -0.119. The minimum atomic E-state index is -0.0282. The van der Waals surface area contributed by atoms with E-state index in [4.69, 9.17) is 0 Å². The molecule has 0 rings (SSSR count). The molecule has 0 atom stereocenters. The Morgan fingerprint density at radius 1 is 1.00 bits per heavy atom. The van der Waals surface area contributed by atoms with Crippen LogP contribution in [0.5, 0.6) is 0 Å². The summed E-state index contributed by atoms with van der Waals surface area (Å²) in [5.74, 6) is 0.687. The normalized spacial score (nSPS) is 11.1. The van der Waals surface area contributed by atoms with Gasteiger partial charge in [-0.2, -0.15) is 0 Å². The number of carbonyl (C=O) groups is 1. The SMILES string of the molecule is CCCCNC(=NCC(=O)NCCC)NCC. The Labute approximate surface area is 104 Å². The van der Waals surface area contributed by atoms with Crippen LogP contribution >= 0.6 is 0 Å². The fraction of sp³-hybridized carbons (Fsp3) is 0.833. The Morgan fingerprint density at radius 3 is 2.35 bits per heavy atom. The summed E-state index contributed by atoms with van der Waals surface area (Å²) in [6.45, 7) is 8.76. The second-order valence-electron chi connectivity index (χ2n) is 3.83. The molecule has 17 heavy (non-hydrogen) atoms. The first-order valence-electron chi connectivity index (χ1n) is 6.53. The minimum absolute atomic E-state index is 0.0282. The molecule has 0 radical (unpaired) electrons. The van der Waals surface area contributed by atoms with Gasteiger partial charge in [-0.05, 0) is 19.8 Å². The molecule has 0 bridgehead atoms. The van der Waals surface area contributed by atoms with Crippen LogP contribution in [0.25, 0.3) is 0 Å². The zero-order chi connectivity index (χ0) is 12.9. The van der Waals surface area contributed by atoms with Gasteiger partial charge in [0, 0.05) is 19.6 Å². The van der Waals surface area contributed by atoms with Crippen LogP contribution < -0.4 is 16.0 Å². The van der Waals surface area contributed by atoms with Gasteiger partial charge in [0.05, 0.1) is 0 Å². The highest BCUT2D eigenvalue weighted by Crippen LogP contribution is 1.83. The number of aliphatic imine (C=N–C) groups is 1. The number of rotatable bonds is 8. The van der Waals surface area contributed by atoms with E-state index < -0.39 is 0 Å². The van der Waals surface area contributed by atoms with Crippen LogP contribution in [0.4, 0.5) is 0 Å². The molecule has 0 unspecified atom stereocenters. The first-order valence-corrected chi connectivity index (χ1v) is 6.53. The Bertz CT molecular complexity index is 229. The van der Waals surface area contributed by atoms with Crippen molar-refractivity contribution in [3.05, 3.63) is 0 Å². The predicted octanol–water partition coefficient (Wildman–Crippen LogP) is 0.868. The Hall–Kier alpha value is -1.26. The molecule has 0 heterocycles. The Balaban J connectivity index is 3.96. The van der Waals surface area contributed by atoms with Crippen molar-refractivity contribution in [3.8, 4) is 0 Å². The van der Waals surface area contributed by atoms with Gasteiger partial charge in [-0.1, -0.05) is 20.3 Å². The van der Waals surface area contributed by atoms with Crippen LogP contribution in [0.2, 0.25) is 0 Å². The first-order chi connectivity index (χ1) is 8.24. The van der Waals surface area contributed by atoms with Gasteiger partial charge >= 0.3 is 0 Å². The van der Waals surface area contributed by atoms with Crippen LogP contribution in [0, 0.1) is 0 Å². The van der Waals surface area contributed by atoms with E-state index in [1.54, 1.807) is 0 Å². The van der Waals surface area contributed by atoms with Crippen LogP contribution in [-0.2, 0) is 4.79 Å². The van der Waals surface area contributed by atoms with E-state index in [1.807, 2.05) is 13.8 Å². The van der Waals surface area contributed by atoms with Gasteiger partial charge in [0.15, 0.2) is 5.96 Å². The van der Waals surface area contributed by atoms with Crippen LogP contribution in [-0.4, -0.2) is 38.0 Å². The van der Waals surface area contributed by atoms with Crippen molar-refractivity contribution in [2.45, 2.75) is 40.0 Å². The summed E-state index contributed by atoms with van der Waals surface area (Å²) in [5.41, 5.74) is 0. The van der Waals surface area contributed by atoms with Crippen LogP contribution in [0.1, 0.15) is 40.0 Å². The highest BCUT2D eigenvalue weighted by atomic mass is 16.1. The summed E-state index contributed by atoms with van der Waals surface area (Å²) in [6, 6.07) is 0. The van der Waals surface area contributed by atoms with E-state index in [9.17, 15) is 4.79 Å². The second-order valence-corrected chi connectivity index (χ2v) is 3.83. The molecular formula is C12H26N4O. The monoisotopic (exact) mass is 242 g/mol. The van der Waals surface area contributed by atoms with E-state index in [-0.39, 0.29) is 12.5 Å². The molecule has 1 amide bonds. The maximum atomic E-state index is 11.4. The molecular weight excluding hydrogens is 216 g/mol. The van der Waals surface area contributed by atoms with E-state index in [0.29, 0.717) is 12.5 Å². The molecule has 0 spiro atoms. The summed E-state index contributed by atoms with van der Waals surface area (Å²) in [7, 11) is 0. The van der Waals surface area contributed by atoms with Crippen molar-refractivity contribution >= 4 is 11.9 Å². The van der Waals surface area contributed by atoms with E-state index >= 15 is 0 Å². The number of nitrogens with one attached hydrogen (secondary N) is 3. The molecule has 0 aliphatic heterocycles. The number of carbonyl (C=O) groups excluding carboxylic acids is 1. The Morgan fingerprint density at radius 2 is 1.76 bits per heavy atom. The molecule has 0 fully saturated rings. The molecule has 3 N–H and O–H groups in total. The molecule has 0 aromatic rings. The fourth-order valence-electron chi connectivity index (χ4n) is 1.20. The molecule has 0 aromatic heterocycles. The zero-order valence-corrected chi connectivity index (χ0v) is 11.3. The summed E-state index contributed by atoms with van der Waals surface area (Å²) < 4.78 is 0. The predicted molar refractivity (Wildman–Crippen MR) is 72.2 cm³/mol. The van der Waals surface area contributed by atoms with Gasteiger partial charge in [0.25, 0.3) is 0 Å². The maximum Gasteiger partial charge on any atom is 0.241 e. The largest absolute Gasteiger partial charge is 0.357 e. The van der Waals surface area contributed by atoms with Crippen molar-refractivity contribution in [2.75, 3.05) is 26.2 Å². The van der Waals surface area contributed by atoms with Crippen LogP contribution in [0.15, 0.2) is 4.99 Å². The van der Waals surface area contributed by atoms with Gasteiger partial charge in [0.2, 0.25) is 5.91 Å². The quantitative estimate of drug-likeness (QED) is 0.336. The highest BCUT2D eigenvalue weighted by Gasteiger charge is 2.00. The number of amides is 1. The number of nitrogens with zero attached hydrogens (tertiary/aromatic N) is 1. The van der Waals surface area contributed by atoms with Gasteiger partial charge in [-0.3, -0.25) is 4.79 Å². The molecule has 0 saturated heterocycles. The topological polar surface area (TPSA) is 65.5 Å². The summed E-state index contributed by atoms with van der Waals surface area (Å²) >= 11 is 0. The molecule has 0 aromatic carbocycles. The summed E-state index contributed by atoms with van der Waals surface area (Å²) in [6.07, 6.45) is 3.19. The minimum Gasteiger partial charge on any atom is -0.357 e. The third kappa shape index (κ3) is 9.66. The smallest absolute Gasteiger partial charge is 0.241 e. The van der Waals surface area contributed by atoms with E-state index in [2.05, 4.69) is 27.9 Å². The summed E-state index contributed by atoms with van der Waals surface area (Å²) in [4.78, 5) is 15.6. The van der Waals surface area contributed by atoms with E-state index in [1.165, 1.54) is 0 Å². The number of hydrogen-bond donors (Lipinski definition) is 3. The molecule has 0 aliphatic rings.